The number of ether oxygens (including phenoxy) is 2. The summed E-state index contributed by atoms with van der Waals surface area (Å²) in [7, 11) is 1.61. The number of benzene rings is 1. The first kappa shape index (κ1) is 17.4. The molecule has 0 radical (unpaired) electrons. The van der Waals surface area contributed by atoms with E-state index in [4.69, 9.17) is 21.1 Å². The van der Waals surface area contributed by atoms with Crippen LogP contribution in [0.3, 0.4) is 0 Å². The quantitative estimate of drug-likeness (QED) is 0.823. The summed E-state index contributed by atoms with van der Waals surface area (Å²) in [6.07, 6.45) is 1.57. The fourth-order valence-corrected chi connectivity index (χ4v) is 2.92. The number of halogens is 1. The Kier molecular flexibility index (Phi) is 4.72. The van der Waals surface area contributed by atoms with Crippen LogP contribution in [0.2, 0.25) is 5.15 Å². The van der Waals surface area contributed by atoms with E-state index in [0.717, 1.165) is 17.1 Å². The Morgan fingerprint density at radius 3 is 2.92 bits per heavy atom. The van der Waals surface area contributed by atoms with Gasteiger partial charge in [0.1, 0.15) is 17.1 Å². The number of anilines is 1. The molecule has 0 bridgehead atoms. The normalized spacial score (nSPS) is 15.6. The van der Waals surface area contributed by atoms with Gasteiger partial charge in [0.15, 0.2) is 5.15 Å². The number of hydrogen-bond acceptors (Lipinski definition) is 4. The maximum absolute atomic E-state index is 12.7. The minimum absolute atomic E-state index is 0.254. The highest BCUT2D eigenvalue weighted by Gasteiger charge is 2.32. The van der Waals surface area contributed by atoms with Gasteiger partial charge in [-0.2, -0.15) is 0 Å². The molecular weight excluding hydrogens is 342 g/mol. The van der Waals surface area contributed by atoms with Crippen molar-refractivity contribution in [3.05, 3.63) is 47.2 Å². The summed E-state index contributed by atoms with van der Waals surface area (Å²) in [5, 5.41) is 3.07. The zero-order valence-electron chi connectivity index (χ0n) is 14.4. The summed E-state index contributed by atoms with van der Waals surface area (Å²) in [6.45, 7) is 4.73. The Morgan fingerprint density at radius 2 is 2.20 bits per heavy atom. The molecule has 6 nitrogen and oxygen atoms in total. The third-order valence-corrected chi connectivity index (χ3v) is 4.18. The average molecular weight is 362 g/mol. The number of urea groups is 1. The van der Waals surface area contributed by atoms with Crippen LogP contribution in [0.5, 0.6) is 11.5 Å². The van der Waals surface area contributed by atoms with Crippen molar-refractivity contribution in [1.82, 2.24) is 9.88 Å². The number of hydrogen-bond donors (Lipinski definition) is 1. The van der Waals surface area contributed by atoms with Crippen LogP contribution >= 0.6 is 11.6 Å². The van der Waals surface area contributed by atoms with E-state index in [0.29, 0.717) is 18.8 Å². The molecule has 0 spiro atoms. The Labute approximate surface area is 151 Å². The smallest absolute Gasteiger partial charge is 0.322 e. The zero-order valence-corrected chi connectivity index (χ0v) is 15.1. The van der Waals surface area contributed by atoms with Crippen molar-refractivity contribution in [3.8, 4) is 11.5 Å². The van der Waals surface area contributed by atoms with Crippen molar-refractivity contribution in [3.63, 3.8) is 0 Å². The van der Waals surface area contributed by atoms with E-state index in [1.807, 2.05) is 32.0 Å². The largest absolute Gasteiger partial charge is 0.497 e. The van der Waals surface area contributed by atoms with Crippen LogP contribution in [0.25, 0.3) is 0 Å². The number of methoxy groups -OCH3 is 1. The molecule has 1 aliphatic rings. The van der Waals surface area contributed by atoms with Gasteiger partial charge in [0, 0.05) is 17.8 Å². The van der Waals surface area contributed by atoms with Crippen molar-refractivity contribution in [2.45, 2.75) is 26.0 Å². The number of nitrogens with zero attached hydrogens (tertiary/aromatic N) is 2. The molecule has 2 aromatic rings. The van der Waals surface area contributed by atoms with Gasteiger partial charge in [-0.3, -0.25) is 0 Å². The molecule has 0 unspecified atom stereocenters. The predicted molar refractivity (Wildman–Crippen MR) is 96.4 cm³/mol. The number of fused-ring (bicyclic) bond motifs is 1. The van der Waals surface area contributed by atoms with Gasteiger partial charge >= 0.3 is 6.03 Å². The van der Waals surface area contributed by atoms with Crippen molar-refractivity contribution >= 4 is 23.3 Å². The predicted octanol–water partition coefficient (Wildman–Crippen LogP) is 3.95. The Balaban J connectivity index is 1.86. The maximum Gasteiger partial charge on any atom is 0.322 e. The molecule has 2 amide bonds. The molecule has 1 aromatic carbocycles. The van der Waals surface area contributed by atoms with Crippen LogP contribution in [0.15, 0.2) is 36.5 Å². The molecule has 25 heavy (non-hydrogen) atoms. The van der Waals surface area contributed by atoms with Gasteiger partial charge in [0.2, 0.25) is 0 Å². The van der Waals surface area contributed by atoms with Gasteiger partial charge in [-0.05, 0) is 38.1 Å². The topological polar surface area (TPSA) is 63.7 Å². The third kappa shape index (κ3) is 3.96. The standard InChI is InChI=1S/C18H20ClN3O3/c1-18(2)11-22(17(23)21-14-5-4-8-20-16(14)19)10-12-6-7-13(24-3)9-15(12)25-18/h4-9H,10-11H2,1-3H3,(H,21,23). The van der Waals surface area contributed by atoms with Gasteiger partial charge in [-0.15, -0.1) is 0 Å². The highest BCUT2D eigenvalue weighted by atomic mass is 35.5. The van der Waals surface area contributed by atoms with Gasteiger partial charge < -0.3 is 19.7 Å². The first-order valence-electron chi connectivity index (χ1n) is 7.90. The molecule has 1 aromatic heterocycles. The number of rotatable bonds is 2. The molecule has 7 heteroatoms. The number of carbonyl (C=O) groups excluding carboxylic acids is 1. The summed E-state index contributed by atoms with van der Waals surface area (Å²) in [5.41, 5.74) is 0.846. The van der Waals surface area contributed by atoms with Gasteiger partial charge in [-0.25, -0.2) is 9.78 Å². The number of carbonyl (C=O) groups is 1. The second-order valence-corrected chi connectivity index (χ2v) is 6.82. The molecule has 0 fully saturated rings. The van der Waals surface area contributed by atoms with Crippen LogP contribution in [-0.4, -0.2) is 35.2 Å². The molecule has 0 saturated carbocycles. The van der Waals surface area contributed by atoms with Gasteiger partial charge in [0.05, 0.1) is 25.9 Å². The monoisotopic (exact) mass is 361 g/mol. The Hall–Kier alpha value is -2.47. The second-order valence-electron chi connectivity index (χ2n) is 6.46. The lowest BCUT2D eigenvalue weighted by molar-refractivity contribution is 0.0833. The lowest BCUT2D eigenvalue weighted by Crippen LogP contribution is -2.44. The first-order chi connectivity index (χ1) is 11.9. The Bertz CT molecular complexity index is 795. The highest BCUT2D eigenvalue weighted by Crippen LogP contribution is 2.33. The number of aromatic nitrogens is 1. The van der Waals surface area contributed by atoms with Crippen molar-refractivity contribution < 1.29 is 14.3 Å². The average Bonchev–Trinajstić information content (AvgIpc) is 2.70. The van der Waals surface area contributed by atoms with E-state index in [1.165, 1.54) is 0 Å². The van der Waals surface area contributed by atoms with Crippen molar-refractivity contribution in [1.29, 1.82) is 0 Å². The van der Waals surface area contributed by atoms with E-state index in [9.17, 15) is 4.79 Å². The minimum atomic E-state index is -0.548. The van der Waals surface area contributed by atoms with E-state index in [2.05, 4.69) is 10.3 Å². The molecule has 1 N–H and O–H groups in total. The minimum Gasteiger partial charge on any atom is -0.497 e. The number of nitrogens with one attached hydrogen (secondary N) is 1. The number of pyridine rings is 1. The molecule has 2 heterocycles. The SMILES string of the molecule is COc1ccc2c(c1)OC(C)(C)CN(C(=O)Nc1cccnc1Cl)C2. The van der Waals surface area contributed by atoms with Crippen LogP contribution in [-0.2, 0) is 6.54 Å². The van der Waals surface area contributed by atoms with Gasteiger partial charge in [0.25, 0.3) is 0 Å². The molecule has 132 valence electrons. The summed E-state index contributed by atoms with van der Waals surface area (Å²) >= 11 is 6.03. The molecule has 0 saturated heterocycles. The summed E-state index contributed by atoms with van der Waals surface area (Å²) < 4.78 is 11.4. The molecule has 1 aliphatic heterocycles. The summed E-state index contributed by atoms with van der Waals surface area (Å²) in [4.78, 5) is 18.4. The van der Waals surface area contributed by atoms with Crippen LogP contribution in [0.4, 0.5) is 10.5 Å². The number of amides is 2. The maximum atomic E-state index is 12.7. The highest BCUT2D eigenvalue weighted by molar-refractivity contribution is 6.32. The lowest BCUT2D eigenvalue weighted by Gasteiger charge is -2.29. The lowest BCUT2D eigenvalue weighted by atomic mass is 10.1. The third-order valence-electron chi connectivity index (χ3n) is 3.88. The van der Waals surface area contributed by atoms with E-state index in [-0.39, 0.29) is 11.2 Å². The van der Waals surface area contributed by atoms with E-state index < -0.39 is 5.60 Å². The molecule has 0 atom stereocenters. The van der Waals surface area contributed by atoms with Crippen molar-refractivity contribution in [2.24, 2.45) is 0 Å². The Morgan fingerprint density at radius 1 is 1.40 bits per heavy atom. The summed E-state index contributed by atoms with van der Waals surface area (Å²) in [5.74, 6) is 1.44. The fraction of sp³-hybridized carbons (Fsp3) is 0.333. The second kappa shape index (κ2) is 6.80. The van der Waals surface area contributed by atoms with Crippen LogP contribution in [0.1, 0.15) is 19.4 Å². The zero-order chi connectivity index (χ0) is 18.0. The fourth-order valence-electron chi connectivity index (χ4n) is 2.76. The molecule has 3 rings (SSSR count). The van der Waals surface area contributed by atoms with Crippen LogP contribution in [0, 0.1) is 0 Å². The first-order valence-corrected chi connectivity index (χ1v) is 8.28. The molecular formula is C18H20ClN3O3. The summed E-state index contributed by atoms with van der Waals surface area (Å²) in [6, 6.07) is 8.79. The van der Waals surface area contributed by atoms with E-state index in [1.54, 1.807) is 30.3 Å². The molecule has 0 aliphatic carbocycles. The van der Waals surface area contributed by atoms with Gasteiger partial charge in [-0.1, -0.05) is 11.6 Å². The van der Waals surface area contributed by atoms with E-state index >= 15 is 0 Å². The van der Waals surface area contributed by atoms with Crippen molar-refractivity contribution in [2.75, 3.05) is 19.0 Å². The van der Waals surface area contributed by atoms with Crippen LogP contribution < -0.4 is 14.8 Å².